The molecule has 2 N–H and O–H groups in total. The van der Waals surface area contributed by atoms with Crippen LogP contribution in [0.2, 0.25) is 0 Å². The molecule has 2 aromatic rings. The average Bonchev–Trinajstić information content (AvgIpc) is 2.39. The number of carbonyl (C=O) groups excluding carboxylic acids is 1. The molecule has 0 aliphatic heterocycles. The molecule has 0 fully saturated rings. The SMILES string of the molecule is CC(=O)Nc1cccc(Nc2nnccc2C#N)c1. The predicted molar refractivity (Wildman–Crippen MR) is 70.8 cm³/mol. The number of aromatic nitrogens is 2. The first-order chi connectivity index (χ1) is 9.19. The van der Waals surface area contributed by atoms with Gasteiger partial charge in [-0.3, -0.25) is 4.79 Å². The summed E-state index contributed by atoms with van der Waals surface area (Å²) in [5.74, 6) is 0.236. The molecule has 0 radical (unpaired) electrons. The van der Waals surface area contributed by atoms with Crippen molar-refractivity contribution in [3.63, 3.8) is 0 Å². The lowest BCUT2D eigenvalue weighted by Gasteiger charge is -2.08. The lowest BCUT2D eigenvalue weighted by molar-refractivity contribution is -0.114. The Labute approximate surface area is 110 Å². The summed E-state index contributed by atoms with van der Waals surface area (Å²) in [6, 6.07) is 10.7. The Hall–Kier alpha value is -2.94. The molecule has 0 saturated carbocycles. The van der Waals surface area contributed by atoms with Crippen molar-refractivity contribution in [2.45, 2.75) is 6.92 Å². The number of anilines is 3. The van der Waals surface area contributed by atoms with E-state index in [0.717, 1.165) is 0 Å². The van der Waals surface area contributed by atoms with Crippen molar-refractivity contribution in [3.8, 4) is 6.07 Å². The molecule has 6 heteroatoms. The van der Waals surface area contributed by atoms with E-state index in [9.17, 15) is 4.79 Å². The summed E-state index contributed by atoms with van der Waals surface area (Å²) in [5, 5.41) is 22.2. The Bertz CT molecular complexity index is 647. The maximum atomic E-state index is 11.0. The number of hydrogen-bond donors (Lipinski definition) is 2. The van der Waals surface area contributed by atoms with Crippen molar-refractivity contribution in [2.75, 3.05) is 10.6 Å². The van der Waals surface area contributed by atoms with Crippen molar-refractivity contribution in [2.24, 2.45) is 0 Å². The maximum Gasteiger partial charge on any atom is 0.221 e. The van der Waals surface area contributed by atoms with Crippen LogP contribution in [0.1, 0.15) is 12.5 Å². The van der Waals surface area contributed by atoms with Gasteiger partial charge in [0.05, 0.1) is 11.8 Å². The lowest BCUT2D eigenvalue weighted by Crippen LogP contribution is -2.06. The first-order valence-corrected chi connectivity index (χ1v) is 5.55. The molecular formula is C13H11N5O. The van der Waals surface area contributed by atoms with Gasteiger partial charge in [-0.2, -0.15) is 10.4 Å². The number of hydrogen-bond acceptors (Lipinski definition) is 5. The zero-order valence-electron chi connectivity index (χ0n) is 10.2. The Morgan fingerprint density at radius 1 is 1.32 bits per heavy atom. The molecular weight excluding hydrogens is 242 g/mol. The van der Waals surface area contributed by atoms with Gasteiger partial charge in [0.15, 0.2) is 5.82 Å². The fraction of sp³-hybridized carbons (Fsp3) is 0.0769. The van der Waals surface area contributed by atoms with Crippen molar-refractivity contribution in [1.29, 1.82) is 5.26 Å². The molecule has 94 valence electrons. The van der Waals surface area contributed by atoms with Crippen molar-refractivity contribution < 1.29 is 4.79 Å². The molecule has 0 aliphatic carbocycles. The Kier molecular flexibility index (Phi) is 3.69. The van der Waals surface area contributed by atoms with Crippen LogP contribution in [0.4, 0.5) is 17.2 Å². The van der Waals surface area contributed by atoms with E-state index in [4.69, 9.17) is 5.26 Å². The number of nitrogens with one attached hydrogen (secondary N) is 2. The highest BCUT2D eigenvalue weighted by Crippen LogP contribution is 2.20. The number of amides is 1. The molecule has 0 bridgehead atoms. The van der Waals surface area contributed by atoms with Gasteiger partial charge in [0, 0.05) is 18.3 Å². The van der Waals surface area contributed by atoms with Crippen LogP contribution in [-0.4, -0.2) is 16.1 Å². The molecule has 0 aliphatic rings. The minimum absolute atomic E-state index is 0.144. The third-order valence-electron chi connectivity index (χ3n) is 2.29. The van der Waals surface area contributed by atoms with Gasteiger partial charge in [-0.1, -0.05) is 6.07 Å². The van der Waals surface area contributed by atoms with Crippen LogP contribution in [0.3, 0.4) is 0 Å². The minimum atomic E-state index is -0.144. The van der Waals surface area contributed by atoms with E-state index < -0.39 is 0 Å². The highest BCUT2D eigenvalue weighted by Gasteiger charge is 2.04. The highest BCUT2D eigenvalue weighted by molar-refractivity contribution is 5.89. The lowest BCUT2D eigenvalue weighted by atomic mass is 10.2. The van der Waals surface area contributed by atoms with E-state index in [2.05, 4.69) is 20.8 Å². The molecule has 19 heavy (non-hydrogen) atoms. The fourth-order valence-corrected chi connectivity index (χ4v) is 1.53. The van der Waals surface area contributed by atoms with E-state index in [1.165, 1.54) is 13.1 Å². The fourth-order valence-electron chi connectivity index (χ4n) is 1.53. The van der Waals surface area contributed by atoms with Crippen LogP contribution in [0, 0.1) is 11.3 Å². The van der Waals surface area contributed by atoms with Gasteiger partial charge in [0.2, 0.25) is 5.91 Å². The second-order valence-electron chi connectivity index (χ2n) is 3.79. The average molecular weight is 253 g/mol. The van der Waals surface area contributed by atoms with Gasteiger partial charge in [0.25, 0.3) is 0 Å². The summed E-state index contributed by atoms with van der Waals surface area (Å²) in [6.45, 7) is 1.44. The zero-order chi connectivity index (χ0) is 13.7. The normalized spacial score (nSPS) is 9.47. The third kappa shape index (κ3) is 3.26. The number of nitriles is 1. The van der Waals surface area contributed by atoms with Gasteiger partial charge in [0.1, 0.15) is 6.07 Å². The standard InChI is InChI=1S/C13H11N5O/c1-9(19)16-11-3-2-4-12(7-11)17-13-10(8-14)5-6-15-18-13/h2-7H,1H3,(H,16,19)(H,17,18). The summed E-state index contributed by atoms with van der Waals surface area (Å²) in [7, 11) is 0. The number of nitrogens with zero attached hydrogens (tertiary/aromatic N) is 3. The molecule has 0 unspecified atom stereocenters. The summed E-state index contributed by atoms with van der Waals surface area (Å²) in [5.41, 5.74) is 1.78. The summed E-state index contributed by atoms with van der Waals surface area (Å²) >= 11 is 0. The van der Waals surface area contributed by atoms with E-state index in [0.29, 0.717) is 22.8 Å². The molecule has 1 aromatic heterocycles. The zero-order valence-corrected chi connectivity index (χ0v) is 10.2. The summed E-state index contributed by atoms with van der Waals surface area (Å²) in [4.78, 5) is 11.0. The van der Waals surface area contributed by atoms with Crippen molar-refractivity contribution >= 4 is 23.1 Å². The predicted octanol–water partition coefficient (Wildman–Crippen LogP) is 2.05. The van der Waals surface area contributed by atoms with E-state index >= 15 is 0 Å². The number of benzene rings is 1. The smallest absolute Gasteiger partial charge is 0.221 e. The van der Waals surface area contributed by atoms with Gasteiger partial charge < -0.3 is 10.6 Å². The largest absolute Gasteiger partial charge is 0.338 e. The van der Waals surface area contributed by atoms with Crippen molar-refractivity contribution in [1.82, 2.24) is 10.2 Å². The van der Waals surface area contributed by atoms with Gasteiger partial charge in [-0.25, -0.2) is 0 Å². The Balaban J connectivity index is 2.24. The van der Waals surface area contributed by atoms with Crippen LogP contribution in [0.15, 0.2) is 36.5 Å². The van der Waals surface area contributed by atoms with Crippen molar-refractivity contribution in [3.05, 3.63) is 42.1 Å². The number of carbonyl (C=O) groups is 1. The maximum absolute atomic E-state index is 11.0. The topological polar surface area (TPSA) is 90.7 Å². The van der Waals surface area contributed by atoms with Crippen LogP contribution < -0.4 is 10.6 Å². The molecule has 1 amide bonds. The van der Waals surface area contributed by atoms with E-state index in [-0.39, 0.29) is 5.91 Å². The second kappa shape index (κ2) is 5.60. The molecule has 0 spiro atoms. The van der Waals surface area contributed by atoms with Gasteiger partial charge in [-0.05, 0) is 24.3 Å². The van der Waals surface area contributed by atoms with E-state index in [1.54, 1.807) is 30.3 Å². The summed E-state index contributed by atoms with van der Waals surface area (Å²) in [6.07, 6.45) is 1.46. The minimum Gasteiger partial charge on any atom is -0.338 e. The van der Waals surface area contributed by atoms with Gasteiger partial charge in [-0.15, -0.1) is 5.10 Å². The third-order valence-corrected chi connectivity index (χ3v) is 2.29. The van der Waals surface area contributed by atoms with E-state index in [1.807, 2.05) is 6.07 Å². The Morgan fingerprint density at radius 2 is 2.11 bits per heavy atom. The molecule has 2 rings (SSSR count). The first-order valence-electron chi connectivity index (χ1n) is 5.55. The van der Waals surface area contributed by atoms with Crippen LogP contribution in [-0.2, 0) is 4.79 Å². The van der Waals surface area contributed by atoms with Gasteiger partial charge >= 0.3 is 0 Å². The quantitative estimate of drug-likeness (QED) is 0.873. The summed E-state index contributed by atoms with van der Waals surface area (Å²) < 4.78 is 0. The molecule has 6 nitrogen and oxygen atoms in total. The number of rotatable bonds is 3. The Morgan fingerprint density at radius 3 is 2.84 bits per heavy atom. The molecule has 1 aromatic carbocycles. The molecule has 0 atom stereocenters. The van der Waals surface area contributed by atoms with Crippen LogP contribution >= 0.6 is 0 Å². The monoisotopic (exact) mass is 253 g/mol. The molecule has 1 heterocycles. The second-order valence-corrected chi connectivity index (χ2v) is 3.79. The first kappa shape index (κ1) is 12.5. The van der Waals surface area contributed by atoms with Crippen LogP contribution in [0.25, 0.3) is 0 Å². The highest BCUT2D eigenvalue weighted by atomic mass is 16.1. The molecule has 0 saturated heterocycles. The van der Waals surface area contributed by atoms with Crippen LogP contribution in [0.5, 0.6) is 0 Å².